The van der Waals surface area contributed by atoms with Crippen LogP contribution in [0.1, 0.15) is 11.4 Å². The number of aromatic nitrogens is 4. The maximum atomic E-state index is 3.96. The van der Waals surface area contributed by atoms with Crippen LogP contribution >= 0.6 is 0 Å². The van der Waals surface area contributed by atoms with E-state index in [2.05, 4.69) is 19.9 Å². The largest absolute Gasteiger partial charge is 0.351 e. The fourth-order valence-electron chi connectivity index (χ4n) is 0.642. The first-order valence-corrected chi connectivity index (χ1v) is 3.70. The van der Waals surface area contributed by atoms with Crippen molar-refractivity contribution >= 4 is 0 Å². The predicted molar refractivity (Wildman–Crippen MR) is 46.6 cm³/mol. The lowest BCUT2D eigenvalue weighted by Crippen LogP contribution is -1.71. The quantitative estimate of drug-likeness (QED) is 0.619. The molecule has 2 rings (SSSR count). The molecule has 0 atom stereocenters. The summed E-state index contributed by atoms with van der Waals surface area (Å²) in [7, 11) is 0. The van der Waals surface area contributed by atoms with Crippen molar-refractivity contribution in [3.05, 3.63) is 36.4 Å². The molecule has 0 amide bonds. The maximum absolute atomic E-state index is 3.96. The molecule has 2 N–H and O–H groups in total. The lowest BCUT2D eigenvalue weighted by Gasteiger charge is -1.79. The van der Waals surface area contributed by atoms with Gasteiger partial charge in [-0.05, 0) is 13.8 Å². The Morgan fingerprint density at radius 1 is 1.25 bits per heavy atom. The van der Waals surface area contributed by atoms with Crippen LogP contribution in [0, 0.1) is 13.8 Å². The van der Waals surface area contributed by atoms with Crippen LogP contribution in [0.25, 0.3) is 0 Å². The summed E-state index contributed by atoms with van der Waals surface area (Å²) in [6, 6.07) is 0. The number of imidazole rings is 2. The molecular formula is C8H12N4. The minimum absolute atomic E-state index is 1.08. The monoisotopic (exact) mass is 164 g/mol. The molecule has 0 aliphatic rings. The van der Waals surface area contributed by atoms with Crippen molar-refractivity contribution in [2.75, 3.05) is 0 Å². The highest BCUT2D eigenvalue weighted by atomic mass is 14.9. The van der Waals surface area contributed by atoms with E-state index in [9.17, 15) is 0 Å². The van der Waals surface area contributed by atoms with E-state index in [1.165, 1.54) is 0 Å². The Kier molecular flexibility index (Phi) is 3.07. The highest BCUT2D eigenvalue weighted by molar-refractivity contribution is 5.04. The zero-order chi connectivity index (χ0) is 8.81. The van der Waals surface area contributed by atoms with Gasteiger partial charge in [-0.1, -0.05) is 0 Å². The smallest absolute Gasteiger partial charge is 0.0925 e. The lowest BCUT2D eigenvalue weighted by atomic mass is 10.4. The molecule has 0 unspecified atom stereocenters. The summed E-state index contributed by atoms with van der Waals surface area (Å²) in [5.74, 6) is 0. The third-order valence-corrected chi connectivity index (χ3v) is 1.49. The van der Waals surface area contributed by atoms with Gasteiger partial charge in [0.25, 0.3) is 0 Å². The molecule has 12 heavy (non-hydrogen) atoms. The second-order valence-corrected chi connectivity index (χ2v) is 2.37. The Bertz CT molecular complexity index is 263. The van der Waals surface area contributed by atoms with E-state index in [0.29, 0.717) is 0 Å². The van der Waals surface area contributed by atoms with Gasteiger partial charge in [0, 0.05) is 18.1 Å². The number of aromatic amines is 2. The van der Waals surface area contributed by atoms with Crippen molar-refractivity contribution in [1.29, 1.82) is 0 Å². The van der Waals surface area contributed by atoms with Crippen LogP contribution in [0.15, 0.2) is 25.0 Å². The second kappa shape index (κ2) is 4.33. The summed E-state index contributed by atoms with van der Waals surface area (Å²) in [4.78, 5) is 13.3. The van der Waals surface area contributed by atoms with Gasteiger partial charge in [-0.3, -0.25) is 0 Å². The molecule has 0 saturated carbocycles. The van der Waals surface area contributed by atoms with Crippen molar-refractivity contribution in [2.45, 2.75) is 13.8 Å². The fraction of sp³-hybridized carbons (Fsp3) is 0.250. The third-order valence-electron chi connectivity index (χ3n) is 1.49. The molecule has 2 heterocycles. The van der Waals surface area contributed by atoms with E-state index in [1.807, 2.05) is 13.8 Å². The molecule has 0 aromatic carbocycles. The molecule has 0 fully saturated rings. The van der Waals surface area contributed by atoms with Gasteiger partial charge in [0.1, 0.15) is 0 Å². The van der Waals surface area contributed by atoms with Crippen LogP contribution in [-0.4, -0.2) is 19.9 Å². The molecule has 0 aliphatic carbocycles. The lowest BCUT2D eigenvalue weighted by molar-refractivity contribution is 1.22. The first-order chi connectivity index (χ1) is 5.80. The van der Waals surface area contributed by atoms with E-state index in [1.54, 1.807) is 25.0 Å². The molecule has 64 valence electrons. The van der Waals surface area contributed by atoms with E-state index in [0.717, 1.165) is 11.4 Å². The van der Waals surface area contributed by atoms with Crippen molar-refractivity contribution in [3.63, 3.8) is 0 Å². The number of aryl methyl sites for hydroxylation is 2. The summed E-state index contributed by atoms with van der Waals surface area (Å²) in [6.07, 6.45) is 6.78. The Morgan fingerprint density at radius 3 is 2.25 bits per heavy atom. The van der Waals surface area contributed by atoms with Gasteiger partial charge in [-0.15, -0.1) is 0 Å². The summed E-state index contributed by atoms with van der Waals surface area (Å²) in [5, 5.41) is 0. The van der Waals surface area contributed by atoms with Gasteiger partial charge < -0.3 is 9.97 Å². The fourth-order valence-corrected chi connectivity index (χ4v) is 0.642. The van der Waals surface area contributed by atoms with Crippen LogP contribution in [-0.2, 0) is 0 Å². The average molecular weight is 164 g/mol. The van der Waals surface area contributed by atoms with Crippen LogP contribution in [0.4, 0.5) is 0 Å². The zero-order valence-electron chi connectivity index (χ0n) is 7.20. The van der Waals surface area contributed by atoms with E-state index >= 15 is 0 Å². The van der Waals surface area contributed by atoms with E-state index < -0.39 is 0 Å². The number of H-pyrrole nitrogens is 2. The molecule has 2 aromatic rings. The molecule has 4 nitrogen and oxygen atoms in total. The zero-order valence-corrected chi connectivity index (χ0v) is 7.20. The van der Waals surface area contributed by atoms with Crippen LogP contribution < -0.4 is 0 Å². The second-order valence-electron chi connectivity index (χ2n) is 2.37. The van der Waals surface area contributed by atoms with Crippen molar-refractivity contribution in [3.8, 4) is 0 Å². The maximum Gasteiger partial charge on any atom is 0.0925 e. The molecular weight excluding hydrogens is 152 g/mol. The molecule has 4 heteroatoms. The molecule has 0 bridgehead atoms. The van der Waals surface area contributed by atoms with Gasteiger partial charge >= 0.3 is 0 Å². The number of hydrogen-bond donors (Lipinski definition) is 2. The van der Waals surface area contributed by atoms with Gasteiger partial charge in [-0.25, -0.2) is 9.97 Å². The van der Waals surface area contributed by atoms with Crippen molar-refractivity contribution in [2.24, 2.45) is 0 Å². The summed E-state index contributed by atoms with van der Waals surface area (Å²) < 4.78 is 0. The highest BCUT2D eigenvalue weighted by Gasteiger charge is 1.87. The molecule has 2 aromatic heterocycles. The van der Waals surface area contributed by atoms with Crippen molar-refractivity contribution < 1.29 is 0 Å². The Balaban J connectivity index is 0.000000127. The average Bonchev–Trinajstić information content (AvgIpc) is 2.67. The molecule has 0 radical (unpaired) electrons. The van der Waals surface area contributed by atoms with Gasteiger partial charge in [0.05, 0.1) is 18.3 Å². The topological polar surface area (TPSA) is 57.4 Å². The number of hydrogen-bond acceptors (Lipinski definition) is 2. The normalized spacial score (nSPS) is 8.83. The summed E-state index contributed by atoms with van der Waals surface area (Å²) in [5.41, 5.74) is 2.24. The first-order valence-electron chi connectivity index (χ1n) is 3.70. The first kappa shape index (κ1) is 8.52. The summed E-state index contributed by atoms with van der Waals surface area (Å²) in [6.45, 7) is 3.98. The highest BCUT2D eigenvalue weighted by Crippen LogP contribution is 1.94. The molecule has 0 spiro atoms. The van der Waals surface area contributed by atoms with Gasteiger partial charge in [0.2, 0.25) is 0 Å². The van der Waals surface area contributed by atoms with Crippen LogP contribution in [0.5, 0.6) is 0 Å². The molecule has 0 aliphatic heterocycles. The predicted octanol–water partition coefficient (Wildman–Crippen LogP) is 1.44. The van der Waals surface area contributed by atoms with E-state index in [4.69, 9.17) is 0 Å². The molecule has 0 saturated heterocycles. The summed E-state index contributed by atoms with van der Waals surface area (Å²) >= 11 is 0. The van der Waals surface area contributed by atoms with Crippen LogP contribution in [0.2, 0.25) is 0 Å². The Morgan fingerprint density at radius 2 is 2.08 bits per heavy atom. The van der Waals surface area contributed by atoms with E-state index in [-0.39, 0.29) is 0 Å². The number of rotatable bonds is 0. The van der Waals surface area contributed by atoms with Gasteiger partial charge in [-0.2, -0.15) is 0 Å². The third kappa shape index (κ3) is 2.57. The number of nitrogens with one attached hydrogen (secondary N) is 2. The van der Waals surface area contributed by atoms with Gasteiger partial charge in [0.15, 0.2) is 0 Å². The standard InChI is InChI=1S/C5H8N2.C3H4N2/c1-4-5(2)7-3-6-4;1-2-5-3-4-1/h3H,1-2H3,(H,6,7);1-3H,(H,4,5). The Hall–Kier alpha value is -1.58. The minimum atomic E-state index is 1.08. The minimum Gasteiger partial charge on any atom is -0.351 e. The SMILES string of the molecule is Cc1nc[nH]c1C.c1c[nH]cn1. The number of nitrogens with zero attached hydrogens (tertiary/aromatic N) is 2. The van der Waals surface area contributed by atoms with Crippen molar-refractivity contribution in [1.82, 2.24) is 19.9 Å². The van der Waals surface area contributed by atoms with Crippen LogP contribution in [0.3, 0.4) is 0 Å². The Labute approximate surface area is 71.1 Å².